The van der Waals surface area contributed by atoms with Crippen LogP contribution in [-0.4, -0.2) is 50.1 Å². The van der Waals surface area contributed by atoms with E-state index in [1.54, 1.807) is 0 Å². The molecule has 0 spiro atoms. The van der Waals surface area contributed by atoms with E-state index in [4.69, 9.17) is 0 Å². The molecule has 1 aliphatic heterocycles. The van der Waals surface area contributed by atoms with Crippen LogP contribution in [0.3, 0.4) is 0 Å². The molecule has 4 nitrogen and oxygen atoms in total. The molecule has 1 heterocycles. The number of hydrogen-bond acceptors (Lipinski definition) is 3. The molecule has 2 fully saturated rings. The molecule has 0 aromatic rings. The average molecular weight is 332 g/mol. The molecule has 5 heteroatoms. The molecule has 0 aromatic heterocycles. The molecule has 0 atom stereocenters. The fourth-order valence-electron chi connectivity index (χ4n) is 3.68. The highest BCUT2D eigenvalue weighted by molar-refractivity contribution is 5.85. The first kappa shape index (κ1) is 19.7. The van der Waals surface area contributed by atoms with Crippen molar-refractivity contribution in [3.05, 3.63) is 0 Å². The third-order valence-corrected chi connectivity index (χ3v) is 5.10. The first-order valence-electron chi connectivity index (χ1n) is 8.94. The summed E-state index contributed by atoms with van der Waals surface area (Å²) in [6, 6.07) is 0.438. The quantitative estimate of drug-likeness (QED) is 0.735. The van der Waals surface area contributed by atoms with Crippen LogP contribution in [0.15, 0.2) is 0 Å². The molecule has 1 saturated carbocycles. The lowest BCUT2D eigenvalue weighted by Gasteiger charge is -2.31. The molecule has 0 bridgehead atoms. The number of nitrogens with zero attached hydrogens (tertiary/aromatic N) is 1. The van der Waals surface area contributed by atoms with Crippen LogP contribution in [-0.2, 0) is 4.79 Å². The predicted octanol–water partition coefficient (Wildman–Crippen LogP) is 2.57. The fraction of sp³-hybridized carbons (Fsp3) is 0.941. The van der Waals surface area contributed by atoms with Crippen molar-refractivity contribution >= 4 is 18.3 Å². The van der Waals surface area contributed by atoms with Crippen LogP contribution >= 0.6 is 12.4 Å². The molecular formula is C17H34ClN3O. The molecule has 1 saturated heterocycles. The average Bonchev–Trinajstić information content (AvgIpc) is 2.75. The number of carbonyl (C=O) groups is 1. The van der Waals surface area contributed by atoms with E-state index in [2.05, 4.69) is 15.5 Å². The van der Waals surface area contributed by atoms with E-state index in [-0.39, 0.29) is 18.3 Å². The standard InChI is InChI=1S/C17H33N3O.ClH/c1-18-11-8-15-9-12-20(13-10-15)14-17(21)19-16-6-4-2-3-5-7-16;/h15-16,18H,2-14H2,1H3,(H,19,21);1H. The molecule has 0 aromatic carbocycles. The Kier molecular flexibility index (Phi) is 10.1. The highest BCUT2D eigenvalue weighted by Gasteiger charge is 2.21. The fourth-order valence-corrected chi connectivity index (χ4v) is 3.68. The van der Waals surface area contributed by atoms with Gasteiger partial charge in [-0.1, -0.05) is 25.7 Å². The zero-order chi connectivity index (χ0) is 14.9. The predicted molar refractivity (Wildman–Crippen MR) is 94.6 cm³/mol. The molecular weight excluding hydrogens is 298 g/mol. The monoisotopic (exact) mass is 331 g/mol. The van der Waals surface area contributed by atoms with Crippen molar-refractivity contribution in [2.24, 2.45) is 5.92 Å². The second-order valence-electron chi connectivity index (χ2n) is 6.87. The Labute approximate surface area is 142 Å². The normalized spacial score (nSPS) is 21.9. The molecule has 2 N–H and O–H groups in total. The lowest BCUT2D eigenvalue weighted by Crippen LogP contribution is -2.44. The first-order valence-corrected chi connectivity index (χ1v) is 8.94. The summed E-state index contributed by atoms with van der Waals surface area (Å²) in [7, 11) is 2.02. The van der Waals surface area contributed by atoms with Gasteiger partial charge in [-0.15, -0.1) is 12.4 Å². The highest BCUT2D eigenvalue weighted by atomic mass is 35.5. The Hall–Kier alpha value is -0.320. The van der Waals surface area contributed by atoms with E-state index in [9.17, 15) is 4.79 Å². The van der Waals surface area contributed by atoms with Crippen LogP contribution in [0, 0.1) is 5.92 Å². The van der Waals surface area contributed by atoms with E-state index in [0.29, 0.717) is 12.6 Å². The van der Waals surface area contributed by atoms with Crippen LogP contribution in [0.1, 0.15) is 57.8 Å². The third kappa shape index (κ3) is 7.30. The summed E-state index contributed by atoms with van der Waals surface area (Å²) in [6.45, 7) is 3.90. The number of rotatable bonds is 6. The molecule has 2 rings (SSSR count). The summed E-state index contributed by atoms with van der Waals surface area (Å²) in [5.41, 5.74) is 0. The summed E-state index contributed by atoms with van der Waals surface area (Å²) < 4.78 is 0. The van der Waals surface area contributed by atoms with Crippen LogP contribution in [0.2, 0.25) is 0 Å². The Bertz CT molecular complexity index is 298. The highest BCUT2D eigenvalue weighted by Crippen LogP contribution is 2.20. The van der Waals surface area contributed by atoms with Gasteiger partial charge in [-0.05, 0) is 64.7 Å². The van der Waals surface area contributed by atoms with Crippen LogP contribution in [0.25, 0.3) is 0 Å². The van der Waals surface area contributed by atoms with Crippen molar-refractivity contribution in [1.29, 1.82) is 0 Å². The van der Waals surface area contributed by atoms with Gasteiger partial charge in [-0.2, -0.15) is 0 Å². The second kappa shape index (κ2) is 11.3. The molecule has 0 radical (unpaired) electrons. The summed E-state index contributed by atoms with van der Waals surface area (Å²) in [5.74, 6) is 1.09. The Morgan fingerprint density at radius 2 is 1.68 bits per heavy atom. The lowest BCUT2D eigenvalue weighted by atomic mass is 9.93. The maximum Gasteiger partial charge on any atom is 0.234 e. The van der Waals surface area contributed by atoms with Gasteiger partial charge in [0.2, 0.25) is 5.91 Å². The van der Waals surface area contributed by atoms with Gasteiger partial charge < -0.3 is 10.6 Å². The minimum absolute atomic E-state index is 0. The van der Waals surface area contributed by atoms with Gasteiger partial charge in [0.25, 0.3) is 0 Å². The van der Waals surface area contributed by atoms with E-state index < -0.39 is 0 Å². The van der Waals surface area contributed by atoms with Crippen molar-refractivity contribution in [2.75, 3.05) is 33.2 Å². The lowest BCUT2D eigenvalue weighted by molar-refractivity contribution is -0.123. The minimum atomic E-state index is 0. The van der Waals surface area contributed by atoms with Crippen LogP contribution in [0.4, 0.5) is 0 Å². The van der Waals surface area contributed by atoms with E-state index in [1.165, 1.54) is 57.8 Å². The van der Waals surface area contributed by atoms with Crippen molar-refractivity contribution < 1.29 is 4.79 Å². The Balaban J connectivity index is 0.00000242. The Morgan fingerprint density at radius 3 is 2.27 bits per heavy atom. The molecule has 22 heavy (non-hydrogen) atoms. The van der Waals surface area contributed by atoms with Crippen molar-refractivity contribution in [3.8, 4) is 0 Å². The smallest absolute Gasteiger partial charge is 0.234 e. The maximum atomic E-state index is 12.2. The molecule has 1 aliphatic carbocycles. The van der Waals surface area contributed by atoms with Crippen molar-refractivity contribution in [2.45, 2.75) is 63.8 Å². The number of carbonyl (C=O) groups excluding carboxylic acids is 1. The molecule has 130 valence electrons. The van der Waals surface area contributed by atoms with Gasteiger partial charge in [-0.3, -0.25) is 9.69 Å². The first-order chi connectivity index (χ1) is 10.3. The maximum absolute atomic E-state index is 12.2. The van der Waals surface area contributed by atoms with Crippen LogP contribution < -0.4 is 10.6 Å². The largest absolute Gasteiger partial charge is 0.352 e. The summed E-state index contributed by atoms with van der Waals surface area (Å²) in [6.07, 6.45) is 11.4. The number of amides is 1. The summed E-state index contributed by atoms with van der Waals surface area (Å²) in [4.78, 5) is 14.5. The van der Waals surface area contributed by atoms with Gasteiger partial charge in [-0.25, -0.2) is 0 Å². The zero-order valence-corrected chi connectivity index (χ0v) is 14.9. The SMILES string of the molecule is CNCCC1CCN(CC(=O)NC2CCCCCC2)CC1.Cl. The second-order valence-corrected chi connectivity index (χ2v) is 6.87. The van der Waals surface area contributed by atoms with Crippen molar-refractivity contribution in [1.82, 2.24) is 15.5 Å². The molecule has 1 amide bonds. The third-order valence-electron chi connectivity index (χ3n) is 5.10. The number of hydrogen-bond donors (Lipinski definition) is 2. The number of piperidine rings is 1. The number of halogens is 1. The van der Waals surface area contributed by atoms with Gasteiger partial charge in [0.05, 0.1) is 6.54 Å². The minimum Gasteiger partial charge on any atom is -0.352 e. The van der Waals surface area contributed by atoms with E-state index in [0.717, 1.165) is 25.6 Å². The van der Waals surface area contributed by atoms with Crippen LogP contribution in [0.5, 0.6) is 0 Å². The topological polar surface area (TPSA) is 44.4 Å². The zero-order valence-electron chi connectivity index (χ0n) is 14.1. The molecule has 2 aliphatic rings. The van der Waals surface area contributed by atoms with Gasteiger partial charge in [0, 0.05) is 6.04 Å². The Morgan fingerprint density at radius 1 is 1.05 bits per heavy atom. The molecule has 0 unspecified atom stereocenters. The van der Waals surface area contributed by atoms with E-state index in [1.807, 2.05) is 7.05 Å². The number of likely N-dealkylation sites (tertiary alicyclic amines) is 1. The van der Waals surface area contributed by atoms with Gasteiger partial charge >= 0.3 is 0 Å². The number of nitrogens with one attached hydrogen (secondary N) is 2. The van der Waals surface area contributed by atoms with Gasteiger partial charge in [0.1, 0.15) is 0 Å². The van der Waals surface area contributed by atoms with E-state index >= 15 is 0 Å². The van der Waals surface area contributed by atoms with Crippen molar-refractivity contribution in [3.63, 3.8) is 0 Å². The van der Waals surface area contributed by atoms with Gasteiger partial charge in [0.15, 0.2) is 0 Å². The summed E-state index contributed by atoms with van der Waals surface area (Å²) in [5, 5.41) is 6.49. The summed E-state index contributed by atoms with van der Waals surface area (Å²) >= 11 is 0.